The van der Waals surface area contributed by atoms with Gasteiger partial charge in [0.15, 0.2) is 0 Å². The number of nitrogens with two attached hydrogens (primary N) is 1. The van der Waals surface area contributed by atoms with Gasteiger partial charge in [-0.15, -0.1) is 0 Å². The van der Waals surface area contributed by atoms with E-state index in [4.69, 9.17) is 10.5 Å². The van der Waals surface area contributed by atoms with E-state index in [1.165, 1.54) is 37.1 Å². The van der Waals surface area contributed by atoms with Crippen LogP contribution in [0.4, 0.5) is 0 Å². The van der Waals surface area contributed by atoms with Crippen molar-refractivity contribution in [2.24, 2.45) is 11.7 Å². The lowest BCUT2D eigenvalue weighted by molar-refractivity contribution is 0.00187. The lowest BCUT2D eigenvalue weighted by Gasteiger charge is -2.56. The number of hydrogen-bond acceptors (Lipinski definition) is 3. The number of fused-ring (bicyclic) bond motifs is 2. The maximum absolute atomic E-state index is 6.65. The van der Waals surface area contributed by atoms with Crippen molar-refractivity contribution in [2.75, 3.05) is 13.1 Å². The second-order valence-corrected chi connectivity index (χ2v) is 9.89. The molecule has 1 heterocycles. The van der Waals surface area contributed by atoms with Crippen LogP contribution in [0.5, 0.6) is 5.75 Å². The number of rotatable bonds is 7. The van der Waals surface area contributed by atoms with Gasteiger partial charge in [0.25, 0.3) is 0 Å². The van der Waals surface area contributed by atoms with Crippen molar-refractivity contribution < 1.29 is 4.74 Å². The molecule has 2 bridgehead atoms. The summed E-state index contributed by atoms with van der Waals surface area (Å²) in [5.41, 5.74) is 9.70. The Bertz CT molecular complexity index is 821. The second kappa shape index (κ2) is 9.11. The largest absolute Gasteiger partial charge is 0.491 e. The molecular formula is C27H38N2O. The summed E-state index contributed by atoms with van der Waals surface area (Å²) < 4.78 is 6.02. The van der Waals surface area contributed by atoms with E-state index < -0.39 is 0 Å². The van der Waals surface area contributed by atoms with Gasteiger partial charge >= 0.3 is 0 Å². The Morgan fingerprint density at radius 2 is 1.90 bits per heavy atom. The van der Waals surface area contributed by atoms with Crippen LogP contribution in [0.3, 0.4) is 0 Å². The van der Waals surface area contributed by atoms with Crippen molar-refractivity contribution in [1.29, 1.82) is 0 Å². The molecule has 1 saturated heterocycles. The van der Waals surface area contributed by atoms with Crippen LogP contribution in [0.25, 0.3) is 0 Å². The summed E-state index contributed by atoms with van der Waals surface area (Å²) in [6.45, 7) is 8.96. The fourth-order valence-electron chi connectivity index (χ4n) is 5.92. The van der Waals surface area contributed by atoms with Crippen molar-refractivity contribution in [3.63, 3.8) is 0 Å². The monoisotopic (exact) mass is 406 g/mol. The Morgan fingerprint density at radius 1 is 1.10 bits per heavy atom. The first-order chi connectivity index (χ1) is 14.5. The van der Waals surface area contributed by atoms with Gasteiger partial charge in [-0.1, -0.05) is 49.4 Å². The van der Waals surface area contributed by atoms with Gasteiger partial charge in [-0.05, 0) is 81.7 Å². The first kappa shape index (κ1) is 21.4. The molecule has 4 rings (SSSR count). The maximum atomic E-state index is 6.65. The molecule has 162 valence electrons. The van der Waals surface area contributed by atoms with Crippen LogP contribution in [0, 0.1) is 5.92 Å². The summed E-state index contributed by atoms with van der Waals surface area (Å²) in [4.78, 5) is 2.74. The summed E-state index contributed by atoms with van der Waals surface area (Å²) in [6.07, 6.45) is 6.01. The van der Waals surface area contributed by atoms with Gasteiger partial charge in [0.1, 0.15) is 5.75 Å². The molecule has 0 radical (unpaired) electrons. The summed E-state index contributed by atoms with van der Waals surface area (Å²) in [7, 11) is 0. The number of hydrogen-bond donors (Lipinski definition) is 1. The molecule has 3 nitrogen and oxygen atoms in total. The zero-order valence-corrected chi connectivity index (χ0v) is 18.9. The minimum Gasteiger partial charge on any atom is -0.491 e. The van der Waals surface area contributed by atoms with Crippen molar-refractivity contribution in [2.45, 2.75) is 76.5 Å². The van der Waals surface area contributed by atoms with Gasteiger partial charge in [0, 0.05) is 24.0 Å². The lowest BCUT2D eigenvalue weighted by Crippen LogP contribution is -2.60. The van der Waals surface area contributed by atoms with E-state index in [-0.39, 0.29) is 17.6 Å². The van der Waals surface area contributed by atoms with Gasteiger partial charge in [0.2, 0.25) is 0 Å². The van der Waals surface area contributed by atoms with Crippen LogP contribution in [-0.4, -0.2) is 36.2 Å². The highest BCUT2D eigenvalue weighted by atomic mass is 16.5. The van der Waals surface area contributed by atoms with Crippen LogP contribution in [-0.2, 0) is 11.8 Å². The Labute approximate surface area is 182 Å². The van der Waals surface area contributed by atoms with Gasteiger partial charge in [0.05, 0.1) is 6.10 Å². The molecule has 3 heteroatoms. The van der Waals surface area contributed by atoms with E-state index in [0.717, 1.165) is 25.0 Å². The molecule has 2 aliphatic rings. The SMILES string of the molecule is CC(C)Oc1cccc([C@]23C[C@H](N)C[C@H](C2)N(CCCc2ccccc2)C[C@@H]3C)c1. The predicted molar refractivity (Wildman–Crippen MR) is 125 cm³/mol. The number of nitrogens with zero attached hydrogens (tertiary/aromatic N) is 1. The minimum absolute atomic E-state index is 0.175. The topological polar surface area (TPSA) is 38.5 Å². The summed E-state index contributed by atoms with van der Waals surface area (Å²) in [5.74, 6) is 1.58. The average molecular weight is 407 g/mol. The third-order valence-electron chi connectivity index (χ3n) is 7.30. The smallest absolute Gasteiger partial charge is 0.119 e. The quantitative estimate of drug-likeness (QED) is 0.689. The van der Waals surface area contributed by atoms with E-state index in [1.807, 2.05) is 0 Å². The molecular weight excluding hydrogens is 368 g/mol. The highest BCUT2D eigenvalue weighted by Gasteiger charge is 2.50. The van der Waals surface area contributed by atoms with Crippen molar-refractivity contribution in [1.82, 2.24) is 4.90 Å². The van der Waals surface area contributed by atoms with Gasteiger partial charge in [-0.25, -0.2) is 0 Å². The Morgan fingerprint density at radius 3 is 2.67 bits per heavy atom. The summed E-state index contributed by atoms with van der Waals surface area (Å²) in [5, 5.41) is 0. The average Bonchev–Trinajstić information content (AvgIpc) is 2.72. The molecule has 2 aromatic rings. The number of piperidine rings is 1. The molecule has 0 spiro atoms. The van der Waals surface area contributed by atoms with Crippen LogP contribution in [0.1, 0.15) is 57.6 Å². The number of benzene rings is 2. The van der Waals surface area contributed by atoms with Crippen molar-refractivity contribution >= 4 is 0 Å². The van der Waals surface area contributed by atoms with Crippen LogP contribution >= 0.6 is 0 Å². The van der Waals surface area contributed by atoms with Crippen molar-refractivity contribution in [3.05, 3.63) is 65.7 Å². The molecule has 1 saturated carbocycles. The zero-order valence-electron chi connectivity index (χ0n) is 18.9. The highest BCUT2D eigenvalue weighted by molar-refractivity contribution is 5.36. The normalized spacial score (nSPS) is 29.2. The molecule has 0 unspecified atom stereocenters. The van der Waals surface area contributed by atoms with E-state index >= 15 is 0 Å². The number of aryl methyl sites for hydroxylation is 1. The third-order valence-corrected chi connectivity index (χ3v) is 7.30. The van der Waals surface area contributed by atoms with Crippen LogP contribution < -0.4 is 10.5 Å². The zero-order chi connectivity index (χ0) is 21.1. The standard InChI is InChI=1S/C27H38N2O/c1-20(2)30-26-13-7-12-23(15-26)27-17-24(28)16-25(18-27)29(19-21(27)3)14-8-11-22-9-5-4-6-10-22/h4-7,9-10,12-13,15,20-21,24-25H,8,11,14,16-19,28H2,1-3H3/t21-,24+,25+,27+/m0/s1. The molecule has 2 fully saturated rings. The maximum Gasteiger partial charge on any atom is 0.119 e. The number of ether oxygens (including phenoxy) is 1. The summed E-state index contributed by atoms with van der Waals surface area (Å²) >= 11 is 0. The molecule has 1 aliphatic carbocycles. The fraction of sp³-hybridized carbons (Fsp3) is 0.556. The van der Waals surface area contributed by atoms with Crippen LogP contribution in [0.15, 0.2) is 54.6 Å². The Kier molecular flexibility index (Phi) is 6.50. The van der Waals surface area contributed by atoms with Gasteiger partial charge < -0.3 is 10.5 Å². The first-order valence-corrected chi connectivity index (χ1v) is 11.8. The molecule has 2 N–H and O–H groups in total. The van der Waals surface area contributed by atoms with Crippen molar-refractivity contribution in [3.8, 4) is 5.75 Å². The van der Waals surface area contributed by atoms with Gasteiger partial charge in [-0.2, -0.15) is 0 Å². The predicted octanol–water partition coefficient (Wildman–Crippen LogP) is 5.18. The molecule has 0 amide bonds. The summed E-state index contributed by atoms with van der Waals surface area (Å²) in [6, 6.07) is 20.6. The minimum atomic E-state index is 0.175. The van der Waals surface area contributed by atoms with E-state index in [2.05, 4.69) is 80.3 Å². The molecule has 30 heavy (non-hydrogen) atoms. The third kappa shape index (κ3) is 4.58. The molecule has 1 aliphatic heterocycles. The van der Waals surface area contributed by atoms with E-state index in [9.17, 15) is 0 Å². The highest BCUT2D eigenvalue weighted by Crippen LogP contribution is 2.50. The fourth-order valence-corrected chi connectivity index (χ4v) is 5.92. The lowest BCUT2D eigenvalue weighted by atomic mass is 9.57. The van der Waals surface area contributed by atoms with Crippen LogP contribution in [0.2, 0.25) is 0 Å². The number of likely N-dealkylation sites (tertiary alicyclic amines) is 1. The van der Waals surface area contributed by atoms with E-state index in [1.54, 1.807) is 0 Å². The van der Waals surface area contributed by atoms with Gasteiger partial charge in [-0.3, -0.25) is 4.90 Å². The molecule has 4 atom stereocenters. The molecule has 2 aromatic carbocycles. The van der Waals surface area contributed by atoms with E-state index in [0.29, 0.717) is 12.0 Å². The first-order valence-electron chi connectivity index (χ1n) is 11.8. The Hall–Kier alpha value is -1.84. The Balaban J connectivity index is 1.49. The second-order valence-electron chi connectivity index (χ2n) is 9.89. The molecule has 0 aromatic heterocycles.